The van der Waals surface area contributed by atoms with E-state index in [4.69, 9.17) is 5.11 Å². The van der Waals surface area contributed by atoms with Gasteiger partial charge in [0, 0.05) is 13.6 Å². The van der Waals surface area contributed by atoms with E-state index in [9.17, 15) is 13.6 Å². The lowest BCUT2D eigenvalue weighted by Gasteiger charge is -2.26. The van der Waals surface area contributed by atoms with Gasteiger partial charge < -0.3 is 10.4 Å². The Labute approximate surface area is 81.9 Å². The standard InChI is InChI=1S/C8H16F2N2O2/c1-6(8(14)11-2)12(3-4-13)5-7(9)10/h6-7,13H,3-5H2,1-2H3,(H,11,14). The second-order valence-corrected chi connectivity index (χ2v) is 2.90. The van der Waals surface area contributed by atoms with Crippen molar-refractivity contribution >= 4 is 5.91 Å². The Morgan fingerprint density at radius 2 is 2.14 bits per heavy atom. The van der Waals surface area contributed by atoms with Crippen molar-refractivity contribution in [1.82, 2.24) is 10.2 Å². The number of aliphatic hydroxyl groups is 1. The molecule has 4 nitrogen and oxygen atoms in total. The van der Waals surface area contributed by atoms with E-state index in [0.717, 1.165) is 0 Å². The molecule has 84 valence electrons. The quantitative estimate of drug-likeness (QED) is 0.631. The molecule has 0 fully saturated rings. The summed E-state index contributed by atoms with van der Waals surface area (Å²) in [4.78, 5) is 12.4. The summed E-state index contributed by atoms with van der Waals surface area (Å²) in [6, 6.07) is -0.652. The Morgan fingerprint density at radius 1 is 1.57 bits per heavy atom. The number of aliphatic hydroxyl groups excluding tert-OH is 1. The van der Waals surface area contributed by atoms with Crippen LogP contribution in [0.3, 0.4) is 0 Å². The van der Waals surface area contributed by atoms with Crippen LogP contribution in [0, 0.1) is 0 Å². The van der Waals surface area contributed by atoms with Crippen LogP contribution in [-0.2, 0) is 4.79 Å². The van der Waals surface area contributed by atoms with Gasteiger partial charge >= 0.3 is 0 Å². The number of nitrogens with one attached hydrogen (secondary N) is 1. The number of nitrogens with zero attached hydrogens (tertiary/aromatic N) is 1. The van der Waals surface area contributed by atoms with Crippen LogP contribution in [-0.4, -0.2) is 55.1 Å². The zero-order valence-electron chi connectivity index (χ0n) is 8.33. The van der Waals surface area contributed by atoms with E-state index in [-0.39, 0.29) is 19.1 Å². The van der Waals surface area contributed by atoms with Gasteiger partial charge in [-0.2, -0.15) is 0 Å². The Morgan fingerprint density at radius 3 is 2.50 bits per heavy atom. The number of rotatable bonds is 6. The Hall–Kier alpha value is -0.750. The largest absolute Gasteiger partial charge is 0.395 e. The predicted molar refractivity (Wildman–Crippen MR) is 48.2 cm³/mol. The van der Waals surface area contributed by atoms with Crippen LogP contribution in [0.2, 0.25) is 0 Å². The first kappa shape index (κ1) is 13.2. The Kier molecular flexibility index (Phi) is 6.31. The minimum absolute atomic E-state index is 0.0684. The molecule has 14 heavy (non-hydrogen) atoms. The maximum absolute atomic E-state index is 12.1. The number of amides is 1. The summed E-state index contributed by atoms with van der Waals surface area (Å²) < 4.78 is 24.2. The SMILES string of the molecule is CNC(=O)C(C)N(CCO)CC(F)F. The third-order valence-electron chi connectivity index (χ3n) is 1.93. The third-order valence-corrected chi connectivity index (χ3v) is 1.93. The number of alkyl halides is 2. The van der Waals surface area contributed by atoms with Crippen molar-refractivity contribution in [1.29, 1.82) is 0 Å². The Balaban J connectivity index is 4.24. The molecule has 2 N–H and O–H groups in total. The highest BCUT2D eigenvalue weighted by atomic mass is 19.3. The molecule has 0 rings (SSSR count). The molecule has 0 spiro atoms. The zero-order valence-corrected chi connectivity index (χ0v) is 8.33. The van der Waals surface area contributed by atoms with Gasteiger partial charge in [-0.15, -0.1) is 0 Å². The van der Waals surface area contributed by atoms with Crippen molar-refractivity contribution in [3.05, 3.63) is 0 Å². The van der Waals surface area contributed by atoms with Crippen LogP contribution in [0.25, 0.3) is 0 Å². The molecule has 0 aliphatic rings. The smallest absolute Gasteiger partial charge is 0.251 e. The molecule has 0 aliphatic heterocycles. The van der Waals surface area contributed by atoms with Gasteiger partial charge in [-0.05, 0) is 6.92 Å². The third kappa shape index (κ3) is 4.48. The van der Waals surface area contributed by atoms with Crippen molar-refractivity contribution in [2.75, 3.05) is 26.7 Å². The summed E-state index contributed by atoms with van der Waals surface area (Å²) in [5, 5.41) is 11.0. The summed E-state index contributed by atoms with van der Waals surface area (Å²) in [7, 11) is 1.44. The monoisotopic (exact) mass is 210 g/mol. The average molecular weight is 210 g/mol. The van der Waals surface area contributed by atoms with Gasteiger partial charge in [-0.1, -0.05) is 0 Å². The summed E-state index contributed by atoms with van der Waals surface area (Å²) in [6.07, 6.45) is -2.51. The van der Waals surface area contributed by atoms with Crippen LogP contribution >= 0.6 is 0 Å². The van der Waals surface area contributed by atoms with Gasteiger partial charge in [0.15, 0.2) is 0 Å². The number of halogens is 2. The molecule has 1 amide bonds. The van der Waals surface area contributed by atoms with Crippen LogP contribution in [0.5, 0.6) is 0 Å². The van der Waals surface area contributed by atoms with E-state index in [1.165, 1.54) is 18.9 Å². The van der Waals surface area contributed by atoms with Crippen LogP contribution in [0.1, 0.15) is 6.92 Å². The van der Waals surface area contributed by atoms with Crippen molar-refractivity contribution in [2.24, 2.45) is 0 Å². The molecule has 0 heterocycles. The van der Waals surface area contributed by atoms with Gasteiger partial charge in [0.25, 0.3) is 6.43 Å². The van der Waals surface area contributed by atoms with E-state index in [1.54, 1.807) is 0 Å². The van der Waals surface area contributed by atoms with Gasteiger partial charge in [0.05, 0.1) is 19.2 Å². The number of carbonyl (C=O) groups is 1. The average Bonchev–Trinajstić information content (AvgIpc) is 2.14. The first-order valence-electron chi connectivity index (χ1n) is 4.37. The summed E-state index contributed by atoms with van der Waals surface area (Å²) >= 11 is 0. The fourth-order valence-corrected chi connectivity index (χ4v) is 1.12. The van der Waals surface area contributed by atoms with Gasteiger partial charge in [0.2, 0.25) is 5.91 Å². The maximum atomic E-state index is 12.1. The number of likely N-dealkylation sites (N-methyl/N-ethyl adjacent to an activating group) is 1. The molecule has 6 heteroatoms. The predicted octanol–water partition coefficient (Wildman–Crippen LogP) is -0.320. The lowest BCUT2D eigenvalue weighted by atomic mass is 10.2. The van der Waals surface area contributed by atoms with Crippen molar-refractivity contribution < 1.29 is 18.7 Å². The van der Waals surface area contributed by atoms with Crippen molar-refractivity contribution in [2.45, 2.75) is 19.4 Å². The molecule has 0 saturated heterocycles. The Bertz CT molecular complexity index is 179. The number of hydrogen-bond donors (Lipinski definition) is 2. The van der Waals surface area contributed by atoms with E-state index in [0.29, 0.717) is 0 Å². The highest BCUT2D eigenvalue weighted by Gasteiger charge is 2.22. The van der Waals surface area contributed by atoms with E-state index in [2.05, 4.69) is 5.32 Å². The summed E-state index contributed by atoms with van der Waals surface area (Å²) in [5.74, 6) is -0.334. The number of carbonyl (C=O) groups excluding carboxylic acids is 1. The second kappa shape index (κ2) is 6.67. The van der Waals surface area contributed by atoms with E-state index < -0.39 is 19.0 Å². The van der Waals surface area contributed by atoms with Crippen LogP contribution < -0.4 is 5.32 Å². The summed E-state index contributed by atoms with van der Waals surface area (Å²) in [5.41, 5.74) is 0. The topological polar surface area (TPSA) is 52.6 Å². The zero-order chi connectivity index (χ0) is 11.1. The van der Waals surface area contributed by atoms with Crippen molar-refractivity contribution in [3.63, 3.8) is 0 Å². The van der Waals surface area contributed by atoms with Gasteiger partial charge in [-0.25, -0.2) is 8.78 Å². The molecule has 0 bridgehead atoms. The summed E-state index contributed by atoms with van der Waals surface area (Å²) in [6.45, 7) is 0.846. The van der Waals surface area contributed by atoms with Crippen LogP contribution in [0.15, 0.2) is 0 Å². The highest BCUT2D eigenvalue weighted by molar-refractivity contribution is 5.80. The number of hydrogen-bond acceptors (Lipinski definition) is 3. The normalized spacial score (nSPS) is 13.4. The molecule has 0 aliphatic carbocycles. The van der Waals surface area contributed by atoms with E-state index in [1.807, 2.05) is 0 Å². The first-order chi connectivity index (χ1) is 6.52. The van der Waals surface area contributed by atoms with E-state index >= 15 is 0 Å². The molecule has 0 radical (unpaired) electrons. The molecule has 1 atom stereocenters. The van der Waals surface area contributed by atoms with Crippen molar-refractivity contribution in [3.8, 4) is 0 Å². The van der Waals surface area contributed by atoms with Gasteiger partial charge in [0.1, 0.15) is 0 Å². The minimum Gasteiger partial charge on any atom is -0.395 e. The maximum Gasteiger partial charge on any atom is 0.251 e. The molecular formula is C8H16F2N2O2. The fraction of sp³-hybridized carbons (Fsp3) is 0.875. The minimum atomic E-state index is -2.51. The molecular weight excluding hydrogens is 194 g/mol. The first-order valence-corrected chi connectivity index (χ1v) is 4.37. The molecule has 0 saturated carbocycles. The van der Waals surface area contributed by atoms with Crippen LogP contribution in [0.4, 0.5) is 8.78 Å². The fourth-order valence-electron chi connectivity index (χ4n) is 1.12. The molecule has 0 aromatic heterocycles. The molecule has 0 aromatic carbocycles. The molecule has 1 unspecified atom stereocenters. The lowest BCUT2D eigenvalue weighted by Crippen LogP contribution is -2.47. The molecule has 0 aromatic rings. The highest BCUT2D eigenvalue weighted by Crippen LogP contribution is 2.03. The lowest BCUT2D eigenvalue weighted by molar-refractivity contribution is -0.126. The second-order valence-electron chi connectivity index (χ2n) is 2.90. The van der Waals surface area contributed by atoms with Gasteiger partial charge in [-0.3, -0.25) is 9.69 Å².